The van der Waals surface area contributed by atoms with Crippen LogP contribution in [0.2, 0.25) is 0 Å². The molecule has 0 fully saturated rings. The van der Waals surface area contributed by atoms with Crippen molar-refractivity contribution < 1.29 is 9.90 Å². The van der Waals surface area contributed by atoms with Crippen molar-refractivity contribution in [1.29, 1.82) is 0 Å². The van der Waals surface area contributed by atoms with Gasteiger partial charge >= 0.3 is 11.7 Å². The van der Waals surface area contributed by atoms with Crippen molar-refractivity contribution in [2.24, 2.45) is 7.05 Å². The van der Waals surface area contributed by atoms with E-state index in [1.165, 1.54) is 10.9 Å². The summed E-state index contributed by atoms with van der Waals surface area (Å²) in [5.74, 6) is -0.914. The van der Waals surface area contributed by atoms with Crippen molar-refractivity contribution in [3.63, 3.8) is 0 Å². The molecule has 0 unspecified atom stereocenters. The minimum atomic E-state index is -0.914. The second-order valence-corrected chi connectivity index (χ2v) is 6.89. The number of aliphatic carboxylic acids is 1. The van der Waals surface area contributed by atoms with E-state index in [0.29, 0.717) is 6.54 Å². The van der Waals surface area contributed by atoms with E-state index in [1.54, 1.807) is 9.13 Å². The predicted octanol–water partition coefficient (Wildman–Crippen LogP) is 3.13. The van der Waals surface area contributed by atoms with Gasteiger partial charge in [-0.3, -0.25) is 13.9 Å². The van der Waals surface area contributed by atoms with Crippen molar-refractivity contribution in [2.45, 2.75) is 26.4 Å². The summed E-state index contributed by atoms with van der Waals surface area (Å²) in [6.07, 6.45) is 2.01. The molecular weight excluding hydrogens is 342 g/mol. The summed E-state index contributed by atoms with van der Waals surface area (Å²) in [6, 6.07) is 13.7. The van der Waals surface area contributed by atoms with Crippen LogP contribution in [0.1, 0.15) is 17.5 Å². The van der Waals surface area contributed by atoms with Gasteiger partial charge in [-0.05, 0) is 30.2 Å². The summed E-state index contributed by atoms with van der Waals surface area (Å²) in [6.45, 7) is 2.68. The van der Waals surface area contributed by atoms with Gasteiger partial charge in [0.2, 0.25) is 0 Å². The first kappa shape index (κ1) is 17.1. The van der Waals surface area contributed by atoms with E-state index in [-0.39, 0.29) is 18.7 Å². The molecular formula is C21H21N3O3. The average Bonchev–Trinajstić information content (AvgIpc) is 3.08. The summed E-state index contributed by atoms with van der Waals surface area (Å²) in [7, 11) is 2.01. The van der Waals surface area contributed by atoms with Crippen molar-refractivity contribution >= 4 is 27.9 Å². The molecule has 0 amide bonds. The van der Waals surface area contributed by atoms with Crippen LogP contribution in [0.5, 0.6) is 0 Å². The normalized spacial score (nSPS) is 11.5. The third kappa shape index (κ3) is 2.83. The number of aromatic nitrogens is 3. The Morgan fingerprint density at radius 3 is 2.44 bits per heavy atom. The second kappa shape index (κ2) is 6.46. The fraction of sp³-hybridized carbons (Fsp3) is 0.238. The van der Waals surface area contributed by atoms with Gasteiger partial charge in [0.1, 0.15) is 0 Å². The van der Waals surface area contributed by atoms with Crippen LogP contribution in [0.3, 0.4) is 0 Å². The van der Waals surface area contributed by atoms with Crippen molar-refractivity contribution in [3.05, 3.63) is 70.3 Å². The largest absolute Gasteiger partial charge is 0.481 e. The number of imidazole rings is 1. The molecule has 0 spiro atoms. The summed E-state index contributed by atoms with van der Waals surface area (Å²) in [5.41, 5.74) is 4.77. The molecule has 1 N–H and O–H groups in total. The molecule has 4 aromatic rings. The maximum absolute atomic E-state index is 13.1. The van der Waals surface area contributed by atoms with E-state index in [1.807, 2.05) is 43.4 Å². The van der Waals surface area contributed by atoms with E-state index < -0.39 is 5.97 Å². The molecule has 27 heavy (non-hydrogen) atoms. The molecule has 0 aliphatic rings. The van der Waals surface area contributed by atoms with E-state index in [9.17, 15) is 9.59 Å². The lowest BCUT2D eigenvalue weighted by Crippen LogP contribution is -2.25. The minimum Gasteiger partial charge on any atom is -0.481 e. The lowest BCUT2D eigenvalue weighted by atomic mass is 10.1. The van der Waals surface area contributed by atoms with Crippen LogP contribution in [-0.4, -0.2) is 24.8 Å². The summed E-state index contributed by atoms with van der Waals surface area (Å²) >= 11 is 0. The molecule has 0 aliphatic heterocycles. The maximum Gasteiger partial charge on any atom is 0.329 e. The highest BCUT2D eigenvalue weighted by Crippen LogP contribution is 2.25. The SMILES string of the molecule is Cc1cn(C)c2c(Cn3c(=O)n(CCC(=O)O)c4ccccc43)cccc12. The molecule has 6 nitrogen and oxygen atoms in total. The van der Waals surface area contributed by atoms with E-state index in [2.05, 4.69) is 23.8 Å². The smallest absolute Gasteiger partial charge is 0.329 e. The zero-order chi connectivity index (χ0) is 19.1. The van der Waals surface area contributed by atoms with E-state index in [4.69, 9.17) is 5.11 Å². The first-order chi connectivity index (χ1) is 13.0. The molecule has 0 saturated carbocycles. The first-order valence-electron chi connectivity index (χ1n) is 8.90. The highest BCUT2D eigenvalue weighted by molar-refractivity contribution is 5.87. The van der Waals surface area contributed by atoms with Crippen LogP contribution in [0, 0.1) is 6.92 Å². The van der Waals surface area contributed by atoms with Gasteiger partial charge in [0.05, 0.1) is 29.5 Å². The topological polar surface area (TPSA) is 69.2 Å². The molecule has 0 atom stereocenters. The average molecular weight is 363 g/mol. The predicted molar refractivity (Wildman–Crippen MR) is 105 cm³/mol. The Labute approximate surface area is 155 Å². The summed E-state index contributed by atoms with van der Waals surface area (Å²) in [4.78, 5) is 24.0. The zero-order valence-electron chi connectivity index (χ0n) is 15.3. The summed E-state index contributed by atoms with van der Waals surface area (Å²) in [5, 5.41) is 10.2. The van der Waals surface area contributed by atoms with Gasteiger partial charge in [0.25, 0.3) is 0 Å². The van der Waals surface area contributed by atoms with Gasteiger partial charge < -0.3 is 9.67 Å². The number of carboxylic acid groups (broad SMARTS) is 1. The number of para-hydroxylation sites is 3. The van der Waals surface area contributed by atoms with Gasteiger partial charge in [0, 0.05) is 25.2 Å². The molecule has 0 radical (unpaired) electrons. The number of aryl methyl sites for hydroxylation is 3. The van der Waals surface area contributed by atoms with Crippen molar-refractivity contribution in [1.82, 2.24) is 13.7 Å². The Kier molecular flexibility index (Phi) is 4.11. The van der Waals surface area contributed by atoms with Gasteiger partial charge in [-0.15, -0.1) is 0 Å². The first-order valence-corrected chi connectivity index (χ1v) is 8.90. The quantitative estimate of drug-likeness (QED) is 0.592. The molecule has 0 saturated heterocycles. The van der Waals surface area contributed by atoms with Crippen LogP contribution < -0.4 is 5.69 Å². The molecule has 2 aromatic carbocycles. The Balaban J connectivity index is 1.87. The molecule has 4 rings (SSSR count). The van der Waals surface area contributed by atoms with Crippen LogP contribution >= 0.6 is 0 Å². The summed E-state index contributed by atoms with van der Waals surface area (Å²) < 4.78 is 5.38. The van der Waals surface area contributed by atoms with Gasteiger partial charge in [-0.25, -0.2) is 4.79 Å². The Bertz CT molecular complexity index is 1230. The van der Waals surface area contributed by atoms with Crippen LogP contribution in [0.15, 0.2) is 53.5 Å². The number of nitrogens with zero attached hydrogens (tertiary/aromatic N) is 3. The van der Waals surface area contributed by atoms with Crippen LogP contribution in [0.25, 0.3) is 21.9 Å². The molecule has 0 aliphatic carbocycles. The highest BCUT2D eigenvalue weighted by atomic mass is 16.4. The van der Waals surface area contributed by atoms with Crippen LogP contribution in [-0.2, 0) is 24.9 Å². The van der Waals surface area contributed by atoms with E-state index >= 15 is 0 Å². The third-order valence-corrected chi connectivity index (χ3v) is 5.09. The Morgan fingerprint density at radius 1 is 1.04 bits per heavy atom. The fourth-order valence-electron chi connectivity index (χ4n) is 3.90. The fourth-order valence-corrected chi connectivity index (χ4v) is 3.90. The van der Waals surface area contributed by atoms with Gasteiger partial charge in [-0.1, -0.05) is 30.3 Å². The Morgan fingerprint density at radius 2 is 1.74 bits per heavy atom. The highest BCUT2D eigenvalue weighted by Gasteiger charge is 2.16. The van der Waals surface area contributed by atoms with Gasteiger partial charge in [-0.2, -0.15) is 0 Å². The molecule has 6 heteroatoms. The standard InChI is InChI=1S/C21H21N3O3/c1-14-12-22(2)20-15(6-5-7-16(14)20)13-24-18-9-4-3-8-17(18)23(21(24)27)11-10-19(25)26/h3-9,12H,10-11,13H2,1-2H3,(H,25,26). The number of hydrogen-bond acceptors (Lipinski definition) is 2. The van der Waals surface area contributed by atoms with Crippen LogP contribution in [0.4, 0.5) is 0 Å². The van der Waals surface area contributed by atoms with E-state index in [0.717, 1.165) is 22.1 Å². The van der Waals surface area contributed by atoms with Crippen molar-refractivity contribution in [2.75, 3.05) is 0 Å². The number of rotatable bonds is 5. The number of hydrogen-bond donors (Lipinski definition) is 1. The maximum atomic E-state index is 13.1. The number of fused-ring (bicyclic) bond motifs is 2. The third-order valence-electron chi connectivity index (χ3n) is 5.09. The Hall–Kier alpha value is -3.28. The monoisotopic (exact) mass is 363 g/mol. The number of carboxylic acids is 1. The zero-order valence-corrected chi connectivity index (χ0v) is 15.3. The lowest BCUT2D eigenvalue weighted by Gasteiger charge is -2.08. The number of carbonyl (C=O) groups is 1. The second-order valence-electron chi connectivity index (χ2n) is 6.89. The molecule has 138 valence electrons. The lowest BCUT2D eigenvalue weighted by molar-refractivity contribution is -0.137. The number of benzene rings is 2. The minimum absolute atomic E-state index is 0.0828. The van der Waals surface area contributed by atoms with Gasteiger partial charge in [0.15, 0.2) is 0 Å². The molecule has 2 aromatic heterocycles. The van der Waals surface area contributed by atoms with Crippen molar-refractivity contribution in [3.8, 4) is 0 Å². The molecule has 0 bridgehead atoms. The molecule has 2 heterocycles.